The summed E-state index contributed by atoms with van der Waals surface area (Å²) < 4.78 is 1.94. The maximum atomic E-state index is 12.1. The zero-order valence-corrected chi connectivity index (χ0v) is 13.3. The van der Waals surface area contributed by atoms with Gasteiger partial charge in [0, 0.05) is 37.4 Å². The Hall–Kier alpha value is -2.18. The number of nitrogens with one attached hydrogen (secondary N) is 1. The molecule has 1 aliphatic heterocycles. The Balaban J connectivity index is 1.72. The highest BCUT2D eigenvalue weighted by molar-refractivity contribution is 5.79. The number of piperidine rings is 1. The maximum Gasteiger partial charge on any atom is 0.223 e. The fraction of sp³-hybridized carbons (Fsp3) is 0.600. The number of carbonyl (C=O) groups is 1. The Labute approximate surface area is 129 Å². The molecule has 0 aliphatic carbocycles. The van der Waals surface area contributed by atoms with E-state index in [2.05, 4.69) is 25.4 Å². The van der Waals surface area contributed by atoms with Crippen LogP contribution in [0.25, 0.3) is 5.65 Å². The fourth-order valence-corrected chi connectivity index (χ4v) is 2.91. The van der Waals surface area contributed by atoms with Crippen LogP contribution >= 0.6 is 0 Å². The van der Waals surface area contributed by atoms with Crippen LogP contribution in [0.15, 0.2) is 12.4 Å². The summed E-state index contributed by atoms with van der Waals surface area (Å²) in [7, 11) is 0. The monoisotopic (exact) mass is 302 g/mol. The largest absolute Gasteiger partial charge is 0.354 e. The molecule has 1 fully saturated rings. The van der Waals surface area contributed by atoms with Crippen LogP contribution in [0, 0.1) is 12.8 Å². The Bertz CT molecular complexity index is 672. The summed E-state index contributed by atoms with van der Waals surface area (Å²) in [6.07, 6.45) is 5.33. The first-order chi connectivity index (χ1) is 10.6. The molecule has 1 aliphatic rings. The van der Waals surface area contributed by atoms with E-state index in [1.807, 2.05) is 31.4 Å². The van der Waals surface area contributed by atoms with E-state index in [1.54, 1.807) is 6.20 Å². The number of aryl methyl sites for hydroxylation is 1. The van der Waals surface area contributed by atoms with E-state index in [4.69, 9.17) is 0 Å². The van der Waals surface area contributed by atoms with Gasteiger partial charge in [-0.15, -0.1) is 10.2 Å². The maximum absolute atomic E-state index is 12.1. The predicted octanol–water partition coefficient (Wildman–Crippen LogP) is 1.17. The van der Waals surface area contributed by atoms with Gasteiger partial charge in [0.2, 0.25) is 11.6 Å². The summed E-state index contributed by atoms with van der Waals surface area (Å²) in [5.74, 6) is 1.97. The zero-order chi connectivity index (χ0) is 15.7. The van der Waals surface area contributed by atoms with Crippen molar-refractivity contribution in [3.63, 3.8) is 0 Å². The van der Waals surface area contributed by atoms with E-state index in [9.17, 15) is 4.79 Å². The van der Waals surface area contributed by atoms with E-state index in [0.717, 1.165) is 43.2 Å². The first-order valence-electron chi connectivity index (χ1n) is 7.78. The third-order valence-corrected chi connectivity index (χ3v) is 4.08. The number of carbonyl (C=O) groups excluding carboxylic acids is 1. The average Bonchev–Trinajstić information content (AvgIpc) is 2.88. The number of rotatable bonds is 3. The van der Waals surface area contributed by atoms with Crippen molar-refractivity contribution in [3.05, 3.63) is 18.2 Å². The van der Waals surface area contributed by atoms with Crippen LogP contribution in [0.5, 0.6) is 0 Å². The van der Waals surface area contributed by atoms with Crippen molar-refractivity contribution in [3.8, 4) is 0 Å². The van der Waals surface area contributed by atoms with Gasteiger partial charge in [-0.3, -0.25) is 9.20 Å². The van der Waals surface area contributed by atoms with Crippen molar-refractivity contribution in [1.29, 1.82) is 0 Å². The zero-order valence-electron chi connectivity index (χ0n) is 13.3. The lowest BCUT2D eigenvalue weighted by Gasteiger charge is -2.32. The fourth-order valence-electron chi connectivity index (χ4n) is 2.91. The molecule has 3 heterocycles. The molecule has 0 atom stereocenters. The topological polar surface area (TPSA) is 75.4 Å². The van der Waals surface area contributed by atoms with Crippen LogP contribution < -0.4 is 10.2 Å². The molecule has 0 saturated carbocycles. The average molecular weight is 302 g/mol. The van der Waals surface area contributed by atoms with E-state index < -0.39 is 0 Å². The molecular weight excluding hydrogens is 280 g/mol. The van der Waals surface area contributed by atoms with E-state index in [1.165, 1.54) is 0 Å². The highest BCUT2D eigenvalue weighted by atomic mass is 16.1. The van der Waals surface area contributed by atoms with E-state index in [-0.39, 0.29) is 17.9 Å². The molecule has 1 saturated heterocycles. The van der Waals surface area contributed by atoms with Gasteiger partial charge < -0.3 is 10.2 Å². The van der Waals surface area contributed by atoms with Crippen LogP contribution in [0.3, 0.4) is 0 Å². The van der Waals surface area contributed by atoms with Crippen molar-refractivity contribution in [2.45, 2.75) is 39.7 Å². The minimum Gasteiger partial charge on any atom is -0.354 e. The van der Waals surface area contributed by atoms with Gasteiger partial charge in [0.1, 0.15) is 5.82 Å². The molecule has 1 N–H and O–H groups in total. The number of hydrogen-bond acceptors (Lipinski definition) is 5. The molecule has 118 valence electrons. The predicted molar refractivity (Wildman–Crippen MR) is 83.7 cm³/mol. The van der Waals surface area contributed by atoms with Gasteiger partial charge in [-0.1, -0.05) is 0 Å². The molecule has 1 amide bonds. The first kappa shape index (κ1) is 14.7. The Kier molecular flexibility index (Phi) is 3.96. The van der Waals surface area contributed by atoms with Crippen molar-refractivity contribution in [2.24, 2.45) is 5.92 Å². The van der Waals surface area contributed by atoms with Crippen molar-refractivity contribution >= 4 is 17.4 Å². The van der Waals surface area contributed by atoms with Gasteiger partial charge in [-0.05, 0) is 33.6 Å². The van der Waals surface area contributed by atoms with Gasteiger partial charge in [0.25, 0.3) is 0 Å². The number of fused-ring (bicyclic) bond motifs is 1. The lowest BCUT2D eigenvalue weighted by Crippen LogP contribution is -2.42. The SMILES string of the molecule is Cc1nnc2c(N3CCC(C(=O)NC(C)C)CC3)nccn12. The third kappa shape index (κ3) is 2.75. The number of anilines is 1. The molecule has 7 heteroatoms. The molecule has 0 unspecified atom stereocenters. The molecule has 3 rings (SSSR count). The summed E-state index contributed by atoms with van der Waals surface area (Å²) in [5.41, 5.74) is 0.782. The summed E-state index contributed by atoms with van der Waals surface area (Å²) in [4.78, 5) is 18.8. The molecule has 0 aromatic carbocycles. The summed E-state index contributed by atoms with van der Waals surface area (Å²) in [6, 6.07) is 0.194. The standard InChI is InChI=1S/C15H22N6O/c1-10(2)17-15(22)12-4-7-20(8-5-12)13-14-19-18-11(3)21(14)9-6-16-13/h6,9-10,12H,4-5,7-8H2,1-3H3,(H,17,22). The van der Waals surface area contributed by atoms with Crippen molar-refractivity contribution in [1.82, 2.24) is 24.9 Å². The van der Waals surface area contributed by atoms with Crippen LogP contribution in [0.2, 0.25) is 0 Å². The van der Waals surface area contributed by atoms with Crippen LogP contribution in [0.1, 0.15) is 32.5 Å². The molecule has 0 radical (unpaired) electrons. The lowest BCUT2D eigenvalue weighted by atomic mass is 9.95. The highest BCUT2D eigenvalue weighted by Crippen LogP contribution is 2.24. The minimum absolute atomic E-state index is 0.0954. The summed E-state index contributed by atoms with van der Waals surface area (Å²) in [5, 5.41) is 11.3. The number of amides is 1. The molecule has 2 aromatic rings. The van der Waals surface area contributed by atoms with E-state index >= 15 is 0 Å². The van der Waals surface area contributed by atoms with Gasteiger partial charge in [-0.25, -0.2) is 4.98 Å². The van der Waals surface area contributed by atoms with Crippen LogP contribution in [-0.2, 0) is 4.79 Å². The quantitative estimate of drug-likeness (QED) is 0.921. The van der Waals surface area contributed by atoms with E-state index in [0.29, 0.717) is 0 Å². The van der Waals surface area contributed by atoms with Crippen LogP contribution in [0.4, 0.5) is 5.82 Å². The molecule has 2 aromatic heterocycles. The van der Waals surface area contributed by atoms with Gasteiger partial charge in [0.15, 0.2) is 5.82 Å². The number of hydrogen-bond donors (Lipinski definition) is 1. The molecule has 22 heavy (non-hydrogen) atoms. The van der Waals surface area contributed by atoms with Gasteiger partial charge in [0.05, 0.1) is 0 Å². The molecule has 0 bridgehead atoms. The molecule has 7 nitrogen and oxygen atoms in total. The second-order valence-electron chi connectivity index (χ2n) is 6.12. The Morgan fingerprint density at radius 2 is 2.05 bits per heavy atom. The molecule has 0 spiro atoms. The van der Waals surface area contributed by atoms with Crippen molar-refractivity contribution in [2.75, 3.05) is 18.0 Å². The Morgan fingerprint density at radius 3 is 2.73 bits per heavy atom. The Morgan fingerprint density at radius 1 is 1.32 bits per heavy atom. The van der Waals surface area contributed by atoms with Gasteiger partial charge >= 0.3 is 0 Å². The number of aromatic nitrogens is 4. The summed E-state index contributed by atoms with van der Waals surface area (Å²) >= 11 is 0. The van der Waals surface area contributed by atoms with Gasteiger partial charge in [-0.2, -0.15) is 0 Å². The van der Waals surface area contributed by atoms with Crippen LogP contribution in [-0.4, -0.2) is 44.6 Å². The number of nitrogens with zero attached hydrogens (tertiary/aromatic N) is 5. The smallest absolute Gasteiger partial charge is 0.223 e. The molecular formula is C15H22N6O. The lowest BCUT2D eigenvalue weighted by molar-refractivity contribution is -0.126. The van der Waals surface area contributed by atoms with Crippen molar-refractivity contribution < 1.29 is 4.79 Å². The second-order valence-corrected chi connectivity index (χ2v) is 6.12. The normalized spacial score (nSPS) is 16.5. The summed E-state index contributed by atoms with van der Waals surface area (Å²) in [6.45, 7) is 7.53. The first-order valence-corrected chi connectivity index (χ1v) is 7.78. The second kappa shape index (κ2) is 5.90. The minimum atomic E-state index is 0.0954. The third-order valence-electron chi connectivity index (χ3n) is 4.08. The highest BCUT2D eigenvalue weighted by Gasteiger charge is 2.27.